The predicted octanol–water partition coefficient (Wildman–Crippen LogP) is 14.7. The summed E-state index contributed by atoms with van der Waals surface area (Å²) in [5.41, 5.74) is 0. The highest BCUT2D eigenvalue weighted by Crippen LogP contribution is 2.24. The third-order valence-corrected chi connectivity index (χ3v) is 10.3. The molecule has 0 aromatic rings. The molecule has 0 saturated heterocycles. The molecule has 0 spiro atoms. The maximum atomic E-state index is 2.72. The van der Waals surface area contributed by atoms with Crippen LogP contribution in [0.15, 0.2) is 12.4 Å². The first kappa shape index (κ1) is 41.4. The summed E-state index contributed by atoms with van der Waals surface area (Å²) in [7, 11) is 0. The van der Waals surface area contributed by atoms with E-state index >= 15 is 0 Å². The number of unbranched alkanes of at least 4 members (excludes halogenated alkanes) is 30. The van der Waals surface area contributed by atoms with Gasteiger partial charge in [0.15, 0.2) is 0 Å². The lowest BCUT2D eigenvalue weighted by atomic mass is 10.0. The zero-order valence-corrected chi connectivity index (χ0v) is 31.1. The minimum Gasteiger partial charge on any atom is -0.356 e. The second-order valence-corrected chi connectivity index (χ2v) is 14.6. The molecule has 2 nitrogen and oxygen atoms in total. The van der Waals surface area contributed by atoms with E-state index in [1.807, 2.05) is 0 Å². The summed E-state index contributed by atoms with van der Waals surface area (Å²) in [4.78, 5) is 5.44. The first-order valence-corrected chi connectivity index (χ1v) is 21.0. The van der Waals surface area contributed by atoms with E-state index in [9.17, 15) is 0 Å². The molecule has 0 aromatic heterocycles. The normalized spacial score (nSPS) is 14.8. The second kappa shape index (κ2) is 33.7. The monoisotopic (exact) mass is 617 g/mol. The number of hydrogen-bond acceptors (Lipinski definition) is 2. The number of nitrogens with zero attached hydrogens (tertiary/aromatic N) is 2. The van der Waals surface area contributed by atoms with Crippen molar-refractivity contribution in [2.45, 2.75) is 245 Å². The molecule has 0 amide bonds. The first-order chi connectivity index (χ1) is 21.8. The van der Waals surface area contributed by atoms with Gasteiger partial charge in [-0.1, -0.05) is 213 Å². The van der Waals surface area contributed by atoms with Gasteiger partial charge in [-0.2, -0.15) is 0 Å². The summed E-state index contributed by atoms with van der Waals surface area (Å²) >= 11 is 0. The lowest BCUT2D eigenvalue weighted by Gasteiger charge is -2.33. The highest BCUT2D eigenvalue weighted by atomic mass is 15.4. The molecule has 0 fully saturated rings. The molecule has 1 aliphatic rings. The van der Waals surface area contributed by atoms with Crippen LogP contribution in [0.1, 0.15) is 239 Å². The van der Waals surface area contributed by atoms with Crippen molar-refractivity contribution in [1.29, 1.82) is 0 Å². The van der Waals surface area contributed by atoms with E-state index < -0.39 is 0 Å². The Labute approximate surface area is 280 Å². The van der Waals surface area contributed by atoms with Gasteiger partial charge in [0.25, 0.3) is 0 Å². The molecule has 0 radical (unpaired) electrons. The van der Waals surface area contributed by atoms with Crippen LogP contribution in [0.25, 0.3) is 0 Å². The molecule has 0 bridgehead atoms. The Morgan fingerprint density at radius 3 is 0.795 bits per heavy atom. The standard InChI is InChI=1S/C42H84N2/c1-4-7-10-13-16-19-20-21-22-23-24-25-27-30-33-36-39-44-41-40-43(38-35-32-29-26-17-14-11-8-5-2)42(44)37-34-31-28-18-15-12-9-6-3/h40-42H,4-39H2,1-3H3. The van der Waals surface area contributed by atoms with Crippen molar-refractivity contribution in [3.63, 3.8) is 0 Å². The molecule has 0 aliphatic carbocycles. The van der Waals surface area contributed by atoms with Crippen LogP contribution in [-0.2, 0) is 0 Å². The van der Waals surface area contributed by atoms with E-state index in [1.54, 1.807) is 0 Å². The van der Waals surface area contributed by atoms with Crippen LogP contribution >= 0.6 is 0 Å². The number of rotatable bonds is 36. The molecule has 1 aliphatic heterocycles. The zero-order chi connectivity index (χ0) is 31.6. The molecule has 1 unspecified atom stereocenters. The maximum Gasteiger partial charge on any atom is 0.101 e. The molecule has 0 saturated carbocycles. The van der Waals surface area contributed by atoms with Crippen LogP contribution in [0.4, 0.5) is 0 Å². The molecule has 262 valence electrons. The highest BCUT2D eigenvalue weighted by Gasteiger charge is 2.24. The Morgan fingerprint density at radius 1 is 0.295 bits per heavy atom. The van der Waals surface area contributed by atoms with E-state index in [0.29, 0.717) is 6.17 Å². The lowest BCUT2D eigenvalue weighted by Crippen LogP contribution is -2.39. The van der Waals surface area contributed by atoms with Crippen molar-refractivity contribution in [2.75, 3.05) is 13.1 Å². The van der Waals surface area contributed by atoms with Crippen LogP contribution in [-0.4, -0.2) is 29.1 Å². The van der Waals surface area contributed by atoms with Gasteiger partial charge in [-0.3, -0.25) is 0 Å². The molecule has 0 N–H and O–H groups in total. The second-order valence-electron chi connectivity index (χ2n) is 14.6. The average Bonchev–Trinajstić information content (AvgIpc) is 3.42. The van der Waals surface area contributed by atoms with E-state index in [1.165, 1.54) is 231 Å². The Bertz CT molecular complexity index is 572. The van der Waals surface area contributed by atoms with Gasteiger partial charge in [-0.05, 0) is 25.7 Å². The highest BCUT2D eigenvalue weighted by molar-refractivity contribution is 4.97. The van der Waals surface area contributed by atoms with Crippen molar-refractivity contribution >= 4 is 0 Å². The SMILES string of the molecule is CCCCCCCCCCCCCCCCCCN1C=CN(CCCCCCCCCCC)C1CCCCCCCCCC. The quantitative estimate of drug-likeness (QED) is 0.0646. The Balaban J connectivity index is 2.16. The molecule has 2 heteroatoms. The van der Waals surface area contributed by atoms with Gasteiger partial charge in [-0.15, -0.1) is 0 Å². The third kappa shape index (κ3) is 25.5. The van der Waals surface area contributed by atoms with Crippen LogP contribution in [0, 0.1) is 0 Å². The molecule has 0 aromatic carbocycles. The van der Waals surface area contributed by atoms with Gasteiger partial charge in [0.1, 0.15) is 6.17 Å². The Hall–Kier alpha value is -0.660. The molecule has 1 heterocycles. The van der Waals surface area contributed by atoms with Gasteiger partial charge in [-0.25, -0.2) is 0 Å². The predicted molar refractivity (Wildman–Crippen MR) is 200 cm³/mol. The summed E-state index contributed by atoms with van der Waals surface area (Å²) < 4.78 is 0. The van der Waals surface area contributed by atoms with E-state index in [2.05, 4.69) is 43.0 Å². The largest absolute Gasteiger partial charge is 0.356 e. The summed E-state index contributed by atoms with van der Waals surface area (Å²) in [6, 6.07) is 0. The van der Waals surface area contributed by atoms with Crippen LogP contribution in [0.2, 0.25) is 0 Å². The molecular weight excluding hydrogens is 532 g/mol. The van der Waals surface area contributed by atoms with E-state index in [-0.39, 0.29) is 0 Å². The molecule has 1 rings (SSSR count). The Kier molecular flexibility index (Phi) is 31.7. The minimum absolute atomic E-state index is 0.639. The van der Waals surface area contributed by atoms with Gasteiger partial charge >= 0.3 is 0 Å². The smallest absolute Gasteiger partial charge is 0.101 e. The minimum atomic E-state index is 0.639. The topological polar surface area (TPSA) is 6.48 Å². The van der Waals surface area contributed by atoms with Crippen LogP contribution in [0.5, 0.6) is 0 Å². The van der Waals surface area contributed by atoms with Gasteiger partial charge in [0, 0.05) is 25.5 Å². The van der Waals surface area contributed by atoms with Crippen molar-refractivity contribution in [3.05, 3.63) is 12.4 Å². The lowest BCUT2D eigenvalue weighted by molar-refractivity contribution is 0.135. The summed E-state index contributed by atoms with van der Waals surface area (Å²) in [5.74, 6) is 0. The molecule has 44 heavy (non-hydrogen) atoms. The molecular formula is C42H84N2. The van der Waals surface area contributed by atoms with Crippen molar-refractivity contribution in [2.24, 2.45) is 0 Å². The van der Waals surface area contributed by atoms with Crippen molar-refractivity contribution in [3.8, 4) is 0 Å². The van der Waals surface area contributed by atoms with Gasteiger partial charge < -0.3 is 9.80 Å². The fourth-order valence-electron chi connectivity index (χ4n) is 7.25. The zero-order valence-electron chi connectivity index (χ0n) is 31.1. The summed E-state index contributed by atoms with van der Waals surface area (Å²) in [5, 5.41) is 0. The third-order valence-electron chi connectivity index (χ3n) is 10.3. The fourth-order valence-corrected chi connectivity index (χ4v) is 7.25. The summed E-state index contributed by atoms with van der Waals surface area (Å²) in [6.07, 6.45) is 54.4. The summed E-state index contributed by atoms with van der Waals surface area (Å²) in [6.45, 7) is 9.49. The van der Waals surface area contributed by atoms with Crippen LogP contribution < -0.4 is 0 Å². The average molecular weight is 617 g/mol. The maximum absolute atomic E-state index is 2.72. The Morgan fingerprint density at radius 2 is 0.523 bits per heavy atom. The number of hydrogen-bond donors (Lipinski definition) is 0. The first-order valence-electron chi connectivity index (χ1n) is 21.0. The van der Waals surface area contributed by atoms with Gasteiger partial charge in [0.2, 0.25) is 0 Å². The molecule has 1 atom stereocenters. The van der Waals surface area contributed by atoms with Crippen molar-refractivity contribution in [1.82, 2.24) is 9.80 Å². The van der Waals surface area contributed by atoms with Crippen LogP contribution in [0.3, 0.4) is 0 Å². The van der Waals surface area contributed by atoms with Gasteiger partial charge in [0.05, 0.1) is 0 Å². The van der Waals surface area contributed by atoms with Crippen molar-refractivity contribution < 1.29 is 0 Å². The fraction of sp³-hybridized carbons (Fsp3) is 0.952. The van der Waals surface area contributed by atoms with E-state index in [4.69, 9.17) is 0 Å². The van der Waals surface area contributed by atoms with E-state index in [0.717, 1.165) is 0 Å².